The molecule has 0 heterocycles. The van der Waals surface area contributed by atoms with Crippen LogP contribution in [0.1, 0.15) is 18.1 Å². The monoisotopic (exact) mass is 374 g/mol. The SMILES string of the molecule is CCc1ccccc1NC(=O)C[NH+](C)CC(=O)Nc1ccc(C)cc1Cl. The standard InChI is InChI=1S/C20H24ClN3O2/c1-4-15-7-5-6-8-17(15)22-19(25)12-24(3)13-20(26)23-18-10-9-14(2)11-16(18)21/h5-11H,4,12-13H2,1-3H3,(H,22,25)(H,23,26)/p+1. The van der Waals surface area contributed by atoms with Crippen LogP contribution in [0, 0.1) is 6.92 Å². The second kappa shape index (κ2) is 9.36. The van der Waals surface area contributed by atoms with Gasteiger partial charge >= 0.3 is 0 Å². The Morgan fingerprint density at radius 2 is 1.62 bits per heavy atom. The van der Waals surface area contributed by atoms with Crippen molar-refractivity contribution in [3.63, 3.8) is 0 Å². The van der Waals surface area contributed by atoms with Crippen LogP contribution in [0.3, 0.4) is 0 Å². The van der Waals surface area contributed by atoms with E-state index in [0.717, 1.165) is 28.1 Å². The number of aryl methyl sites for hydroxylation is 2. The number of hydrogen-bond acceptors (Lipinski definition) is 2. The second-order valence-electron chi connectivity index (χ2n) is 6.40. The van der Waals surface area contributed by atoms with Crippen LogP contribution in [0.25, 0.3) is 0 Å². The molecule has 2 rings (SSSR count). The molecular weight excluding hydrogens is 350 g/mol. The van der Waals surface area contributed by atoms with Gasteiger partial charge < -0.3 is 15.5 Å². The molecule has 3 N–H and O–H groups in total. The average Bonchev–Trinajstić information content (AvgIpc) is 2.57. The number of carbonyl (C=O) groups excluding carboxylic acids is 2. The van der Waals surface area contributed by atoms with Gasteiger partial charge in [-0.25, -0.2) is 0 Å². The fourth-order valence-corrected chi connectivity index (χ4v) is 2.95. The number of amides is 2. The van der Waals surface area contributed by atoms with E-state index in [0.29, 0.717) is 10.7 Å². The Morgan fingerprint density at radius 3 is 2.23 bits per heavy atom. The predicted molar refractivity (Wildman–Crippen MR) is 106 cm³/mol. The van der Waals surface area contributed by atoms with Crippen molar-refractivity contribution in [3.05, 3.63) is 58.6 Å². The Morgan fingerprint density at radius 1 is 1.00 bits per heavy atom. The summed E-state index contributed by atoms with van der Waals surface area (Å²) in [6, 6.07) is 13.2. The van der Waals surface area contributed by atoms with Gasteiger partial charge in [-0.1, -0.05) is 42.8 Å². The highest BCUT2D eigenvalue weighted by Crippen LogP contribution is 2.22. The van der Waals surface area contributed by atoms with Crippen molar-refractivity contribution in [2.45, 2.75) is 20.3 Å². The second-order valence-corrected chi connectivity index (χ2v) is 6.81. The summed E-state index contributed by atoms with van der Waals surface area (Å²) in [7, 11) is 1.81. The van der Waals surface area contributed by atoms with E-state index in [1.54, 1.807) is 12.1 Å². The number of hydrogen-bond donors (Lipinski definition) is 3. The molecule has 0 saturated heterocycles. The van der Waals surface area contributed by atoms with E-state index in [1.165, 1.54) is 0 Å². The highest BCUT2D eigenvalue weighted by Gasteiger charge is 2.16. The quantitative estimate of drug-likeness (QED) is 0.696. The zero-order chi connectivity index (χ0) is 19.1. The van der Waals surface area contributed by atoms with Crippen LogP contribution in [0.2, 0.25) is 5.02 Å². The third-order valence-corrected chi connectivity index (χ3v) is 4.31. The molecule has 0 spiro atoms. The van der Waals surface area contributed by atoms with E-state index in [2.05, 4.69) is 10.6 Å². The fourth-order valence-electron chi connectivity index (χ4n) is 2.67. The first-order valence-electron chi connectivity index (χ1n) is 8.64. The molecule has 5 nitrogen and oxygen atoms in total. The Balaban J connectivity index is 1.86. The molecule has 26 heavy (non-hydrogen) atoms. The zero-order valence-corrected chi connectivity index (χ0v) is 16.1. The number of para-hydroxylation sites is 1. The minimum atomic E-state index is -0.185. The maximum absolute atomic E-state index is 12.2. The van der Waals surface area contributed by atoms with Gasteiger partial charge in [-0.15, -0.1) is 0 Å². The van der Waals surface area contributed by atoms with Crippen molar-refractivity contribution >= 4 is 34.8 Å². The third-order valence-electron chi connectivity index (χ3n) is 4.00. The first-order valence-corrected chi connectivity index (χ1v) is 9.02. The number of rotatable bonds is 7. The lowest BCUT2D eigenvalue weighted by atomic mass is 10.1. The summed E-state index contributed by atoms with van der Waals surface area (Å²) >= 11 is 6.13. The number of anilines is 2. The Hall–Kier alpha value is -2.37. The average molecular weight is 375 g/mol. The van der Waals surface area contributed by atoms with Crippen LogP contribution in [0.4, 0.5) is 11.4 Å². The highest BCUT2D eigenvalue weighted by atomic mass is 35.5. The maximum Gasteiger partial charge on any atom is 0.279 e. The van der Waals surface area contributed by atoms with Crippen LogP contribution in [-0.2, 0) is 16.0 Å². The Kier molecular flexibility index (Phi) is 7.18. The van der Waals surface area contributed by atoms with E-state index < -0.39 is 0 Å². The Bertz CT molecular complexity index is 792. The first-order chi connectivity index (χ1) is 12.4. The maximum atomic E-state index is 12.2. The molecule has 1 atom stereocenters. The lowest BCUT2D eigenvalue weighted by Gasteiger charge is -2.15. The number of halogens is 1. The number of quaternary nitrogens is 1. The summed E-state index contributed by atoms with van der Waals surface area (Å²) in [5.41, 5.74) is 3.52. The van der Waals surface area contributed by atoms with Gasteiger partial charge in [0.05, 0.1) is 17.8 Å². The Labute approximate surface area is 159 Å². The molecule has 1 unspecified atom stereocenters. The van der Waals surface area contributed by atoms with E-state index >= 15 is 0 Å². The molecule has 2 amide bonds. The molecule has 0 aliphatic rings. The van der Waals surface area contributed by atoms with Gasteiger partial charge in [0.1, 0.15) is 0 Å². The summed E-state index contributed by atoms with van der Waals surface area (Å²) in [4.78, 5) is 25.2. The van der Waals surface area contributed by atoms with E-state index in [4.69, 9.17) is 11.6 Å². The van der Waals surface area contributed by atoms with E-state index in [-0.39, 0.29) is 24.9 Å². The van der Waals surface area contributed by atoms with Crippen LogP contribution in [-0.4, -0.2) is 32.0 Å². The van der Waals surface area contributed by atoms with Gasteiger partial charge in [-0.2, -0.15) is 0 Å². The zero-order valence-electron chi connectivity index (χ0n) is 15.4. The van der Waals surface area contributed by atoms with Crippen molar-refractivity contribution in [2.24, 2.45) is 0 Å². The molecule has 0 aliphatic carbocycles. The summed E-state index contributed by atoms with van der Waals surface area (Å²) in [6.07, 6.45) is 0.846. The van der Waals surface area contributed by atoms with Crippen molar-refractivity contribution < 1.29 is 14.5 Å². The molecular formula is C20H25ClN3O2+. The number of likely N-dealkylation sites (N-methyl/N-ethyl adjacent to an activating group) is 1. The molecule has 2 aromatic carbocycles. The highest BCUT2D eigenvalue weighted by molar-refractivity contribution is 6.33. The van der Waals surface area contributed by atoms with Gasteiger partial charge in [0, 0.05) is 5.69 Å². The third kappa shape index (κ3) is 5.86. The summed E-state index contributed by atoms with van der Waals surface area (Å²) < 4.78 is 0. The minimum Gasteiger partial charge on any atom is -0.322 e. The summed E-state index contributed by atoms with van der Waals surface area (Å²) in [5.74, 6) is -0.306. The van der Waals surface area contributed by atoms with Gasteiger partial charge in [0.25, 0.3) is 11.8 Å². The lowest BCUT2D eigenvalue weighted by Crippen LogP contribution is -3.11. The van der Waals surface area contributed by atoms with Gasteiger partial charge in [0.15, 0.2) is 13.1 Å². The van der Waals surface area contributed by atoms with Gasteiger partial charge in [-0.05, 0) is 42.7 Å². The van der Waals surface area contributed by atoms with Gasteiger partial charge in [-0.3, -0.25) is 9.59 Å². The molecule has 138 valence electrons. The predicted octanol–water partition coefficient (Wildman–Crippen LogP) is 2.30. The molecule has 0 saturated carbocycles. The summed E-state index contributed by atoms with van der Waals surface area (Å²) in [6.45, 7) is 4.35. The first kappa shape index (κ1) is 19.9. The molecule has 0 bridgehead atoms. The van der Waals surface area contributed by atoms with Crippen LogP contribution in [0.15, 0.2) is 42.5 Å². The minimum absolute atomic E-state index is 0.121. The van der Waals surface area contributed by atoms with E-state index in [1.807, 2.05) is 51.2 Å². The van der Waals surface area contributed by atoms with Crippen molar-refractivity contribution in [1.82, 2.24) is 0 Å². The number of carbonyl (C=O) groups is 2. The molecule has 2 aromatic rings. The van der Waals surface area contributed by atoms with Crippen molar-refractivity contribution in [2.75, 3.05) is 30.8 Å². The summed E-state index contributed by atoms with van der Waals surface area (Å²) in [5, 5.41) is 6.21. The number of nitrogens with one attached hydrogen (secondary N) is 3. The molecule has 6 heteroatoms. The van der Waals surface area contributed by atoms with Crippen LogP contribution in [0.5, 0.6) is 0 Å². The molecule has 0 radical (unpaired) electrons. The molecule has 0 aromatic heterocycles. The molecule has 0 fully saturated rings. The van der Waals surface area contributed by atoms with Crippen LogP contribution < -0.4 is 15.5 Å². The normalized spacial score (nSPS) is 11.7. The van der Waals surface area contributed by atoms with Crippen molar-refractivity contribution in [1.29, 1.82) is 0 Å². The van der Waals surface area contributed by atoms with E-state index in [9.17, 15) is 9.59 Å². The smallest absolute Gasteiger partial charge is 0.279 e. The fraction of sp³-hybridized carbons (Fsp3) is 0.300. The molecule has 0 aliphatic heterocycles. The topological polar surface area (TPSA) is 62.6 Å². The largest absolute Gasteiger partial charge is 0.322 e. The lowest BCUT2D eigenvalue weighted by molar-refractivity contribution is -0.862. The van der Waals surface area contributed by atoms with Gasteiger partial charge in [0.2, 0.25) is 0 Å². The number of benzene rings is 2. The van der Waals surface area contributed by atoms with Crippen LogP contribution >= 0.6 is 11.6 Å². The van der Waals surface area contributed by atoms with Crippen molar-refractivity contribution in [3.8, 4) is 0 Å².